The van der Waals surface area contributed by atoms with E-state index in [0.717, 1.165) is 12.1 Å². The minimum absolute atomic E-state index is 0.00455. The van der Waals surface area contributed by atoms with E-state index in [1.165, 1.54) is 30.5 Å². The number of ether oxygens (including phenoxy) is 1. The highest BCUT2D eigenvalue weighted by Gasteiger charge is 2.33. The predicted octanol–water partition coefficient (Wildman–Crippen LogP) is 7.53. The van der Waals surface area contributed by atoms with Gasteiger partial charge in [0.15, 0.2) is 0 Å². The number of nitrogens with one attached hydrogen (secondary N) is 1. The van der Waals surface area contributed by atoms with Gasteiger partial charge in [0.25, 0.3) is 6.43 Å². The van der Waals surface area contributed by atoms with Crippen molar-refractivity contribution in [3.63, 3.8) is 0 Å². The van der Waals surface area contributed by atoms with Gasteiger partial charge in [-0.25, -0.2) is 18.0 Å². The number of pyridine rings is 1. The van der Waals surface area contributed by atoms with Crippen molar-refractivity contribution in [2.24, 2.45) is 5.92 Å². The van der Waals surface area contributed by atoms with Crippen molar-refractivity contribution >= 4 is 34.9 Å². The van der Waals surface area contributed by atoms with Gasteiger partial charge in [-0.05, 0) is 69.5 Å². The van der Waals surface area contributed by atoms with E-state index in [0.29, 0.717) is 36.2 Å². The first-order valence-electron chi connectivity index (χ1n) is 12.7. The fourth-order valence-electron chi connectivity index (χ4n) is 4.50. The number of ketones is 1. The van der Waals surface area contributed by atoms with Crippen LogP contribution in [0.15, 0.2) is 54.7 Å². The molecule has 3 aromatic rings. The second kappa shape index (κ2) is 11.8. The summed E-state index contributed by atoms with van der Waals surface area (Å²) in [4.78, 5) is 41.5. The van der Waals surface area contributed by atoms with Crippen molar-refractivity contribution in [2.45, 2.75) is 58.0 Å². The molecule has 1 atom stereocenters. The second-order valence-electron chi connectivity index (χ2n) is 10.8. The largest absolute Gasteiger partial charge is 0.456 e. The SMILES string of the molecule is CC(C)(C)OC(=O)c1ccc(NC(=O)C(CC2CC(=O)C2)c2ccc(-c3c(C(F)F)ccc(Cl)c3F)cn2)cc1. The minimum atomic E-state index is -2.93. The van der Waals surface area contributed by atoms with Gasteiger partial charge in [0.05, 0.1) is 22.2 Å². The van der Waals surface area contributed by atoms with E-state index >= 15 is 0 Å². The lowest BCUT2D eigenvalue weighted by molar-refractivity contribution is -0.128. The van der Waals surface area contributed by atoms with E-state index < -0.39 is 41.2 Å². The lowest BCUT2D eigenvalue weighted by Crippen LogP contribution is -2.30. The molecule has 1 amide bonds. The maximum atomic E-state index is 14.7. The molecule has 1 aliphatic rings. The molecule has 1 saturated carbocycles. The van der Waals surface area contributed by atoms with Crippen molar-refractivity contribution in [2.75, 3.05) is 5.32 Å². The lowest BCUT2D eigenvalue weighted by atomic mass is 9.77. The molecule has 1 aliphatic carbocycles. The maximum absolute atomic E-state index is 14.7. The Bertz CT molecular complexity index is 1410. The molecule has 0 spiro atoms. The Kier molecular flexibility index (Phi) is 8.63. The number of amides is 1. The molecule has 1 aromatic heterocycles. The van der Waals surface area contributed by atoms with Gasteiger partial charge in [0.1, 0.15) is 17.2 Å². The summed E-state index contributed by atoms with van der Waals surface area (Å²) in [6.07, 6.45) is -0.640. The Morgan fingerprint density at radius 1 is 1.07 bits per heavy atom. The molecule has 1 unspecified atom stereocenters. The lowest BCUT2D eigenvalue weighted by Gasteiger charge is -2.28. The van der Waals surface area contributed by atoms with Gasteiger partial charge >= 0.3 is 5.97 Å². The Balaban J connectivity index is 1.57. The van der Waals surface area contributed by atoms with E-state index in [1.54, 1.807) is 32.9 Å². The number of alkyl halides is 2. The average molecular weight is 573 g/mol. The Morgan fingerprint density at radius 3 is 2.30 bits per heavy atom. The number of rotatable bonds is 8. The first-order valence-corrected chi connectivity index (χ1v) is 13.1. The highest BCUT2D eigenvalue weighted by Crippen LogP contribution is 2.38. The maximum Gasteiger partial charge on any atom is 0.338 e. The van der Waals surface area contributed by atoms with Crippen LogP contribution in [-0.4, -0.2) is 28.2 Å². The van der Waals surface area contributed by atoms with Crippen LogP contribution in [0.2, 0.25) is 5.02 Å². The van der Waals surface area contributed by atoms with Crippen LogP contribution in [0.25, 0.3) is 11.1 Å². The number of carbonyl (C=O) groups is 3. The molecule has 6 nitrogen and oxygen atoms in total. The molecule has 40 heavy (non-hydrogen) atoms. The first-order chi connectivity index (χ1) is 18.8. The summed E-state index contributed by atoms with van der Waals surface area (Å²) in [5.74, 6) is -2.53. The van der Waals surface area contributed by atoms with Gasteiger partial charge in [0, 0.05) is 41.4 Å². The van der Waals surface area contributed by atoms with Crippen LogP contribution in [-0.2, 0) is 14.3 Å². The van der Waals surface area contributed by atoms with Crippen molar-refractivity contribution in [3.8, 4) is 11.1 Å². The van der Waals surface area contributed by atoms with Crippen LogP contribution >= 0.6 is 11.6 Å². The van der Waals surface area contributed by atoms with Crippen LogP contribution in [0, 0.1) is 11.7 Å². The fourth-order valence-corrected chi connectivity index (χ4v) is 4.66. The molecule has 2 aromatic carbocycles. The van der Waals surface area contributed by atoms with E-state index in [4.69, 9.17) is 16.3 Å². The predicted molar refractivity (Wildman–Crippen MR) is 145 cm³/mol. The molecule has 1 N–H and O–H groups in total. The summed E-state index contributed by atoms with van der Waals surface area (Å²) in [5, 5.41) is 2.52. The second-order valence-corrected chi connectivity index (χ2v) is 11.2. The molecule has 1 heterocycles. The zero-order valence-corrected chi connectivity index (χ0v) is 22.9. The number of anilines is 1. The average Bonchev–Trinajstić information content (AvgIpc) is 2.87. The summed E-state index contributed by atoms with van der Waals surface area (Å²) >= 11 is 5.84. The number of hydrogen-bond acceptors (Lipinski definition) is 5. The van der Waals surface area contributed by atoms with Crippen molar-refractivity contribution < 1.29 is 32.3 Å². The van der Waals surface area contributed by atoms with Crippen molar-refractivity contribution in [1.82, 2.24) is 4.98 Å². The molecule has 0 radical (unpaired) electrons. The first kappa shape index (κ1) is 29.3. The zero-order chi connectivity index (χ0) is 29.2. The van der Waals surface area contributed by atoms with Crippen LogP contribution in [0.4, 0.5) is 18.9 Å². The van der Waals surface area contributed by atoms with Gasteiger partial charge < -0.3 is 10.1 Å². The monoisotopic (exact) mass is 572 g/mol. The normalized spacial score (nSPS) is 14.6. The molecule has 0 bridgehead atoms. The number of benzene rings is 2. The van der Waals surface area contributed by atoms with Crippen LogP contribution in [0.3, 0.4) is 0 Å². The number of carbonyl (C=O) groups excluding carboxylic acids is 3. The molecule has 0 aliphatic heterocycles. The topological polar surface area (TPSA) is 85.4 Å². The number of hydrogen-bond donors (Lipinski definition) is 1. The van der Waals surface area contributed by atoms with E-state index in [1.807, 2.05) is 0 Å². The minimum Gasteiger partial charge on any atom is -0.456 e. The quantitative estimate of drug-likeness (QED) is 0.282. The van der Waals surface area contributed by atoms with Gasteiger partial charge in [0.2, 0.25) is 5.91 Å². The molecule has 10 heteroatoms. The molecule has 210 valence electrons. The standard InChI is InChI=1S/C30H28ClF3N2O4/c1-30(2,3)40-29(39)17-4-7-19(8-5-17)36-28(38)22(14-16-12-20(37)13-16)24-11-6-18(15-35-24)25-21(27(33)34)9-10-23(31)26(25)32/h4-11,15-16,22,27H,12-14H2,1-3H3,(H,36,38). The Hall–Kier alpha value is -3.72. The molecular formula is C30H28ClF3N2O4. The number of esters is 1. The number of halogens is 4. The van der Waals surface area contributed by atoms with Gasteiger partial charge in [-0.3, -0.25) is 14.6 Å². The van der Waals surface area contributed by atoms with Gasteiger partial charge in [-0.1, -0.05) is 23.7 Å². The highest BCUT2D eigenvalue weighted by atomic mass is 35.5. The van der Waals surface area contributed by atoms with Gasteiger partial charge in [-0.2, -0.15) is 0 Å². The van der Waals surface area contributed by atoms with E-state index in [9.17, 15) is 27.6 Å². The van der Waals surface area contributed by atoms with Crippen molar-refractivity contribution in [3.05, 3.63) is 82.4 Å². The van der Waals surface area contributed by atoms with E-state index in [2.05, 4.69) is 10.3 Å². The number of aromatic nitrogens is 1. The third kappa shape index (κ3) is 6.88. The zero-order valence-electron chi connectivity index (χ0n) is 22.1. The molecule has 4 rings (SSSR count). The highest BCUT2D eigenvalue weighted by molar-refractivity contribution is 6.31. The summed E-state index contributed by atoms with van der Waals surface area (Å²) in [6.45, 7) is 5.29. The molecule has 1 fully saturated rings. The third-order valence-electron chi connectivity index (χ3n) is 6.50. The fraction of sp³-hybridized carbons (Fsp3) is 0.333. The smallest absolute Gasteiger partial charge is 0.338 e. The third-order valence-corrected chi connectivity index (χ3v) is 6.79. The van der Waals surface area contributed by atoms with Crippen LogP contribution in [0.5, 0.6) is 0 Å². The summed E-state index contributed by atoms with van der Waals surface area (Å²) in [5.41, 5.74) is -0.327. The van der Waals surface area contributed by atoms with Crippen molar-refractivity contribution in [1.29, 1.82) is 0 Å². The van der Waals surface area contributed by atoms with E-state index in [-0.39, 0.29) is 27.9 Å². The Labute approximate surface area is 234 Å². The summed E-state index contributed by atoms with van der Waals surface area (Å²) in [6, 6.07) is 11.3. The van der Waals surface area contributed by atoms with Gasteiger partial charge in [-0.15, -0.1) is 0 Å². The molecule has 0 saturated heterocycles. The summed E-state index contributed by atoms with van der Waals surface area (Å²) < 4.78 is 47.2. The molecular weight excluding hydrogens is 545 g/mol. The summed E-state index contributed by atoms with van der Waals surface area (Å²) in [7, 11) is 0. The Morgan fingerprint density at radius 2 is 1.75 bits per heavy atom. The van der Waals surface area contributed by atoms with Crippen LogP contribution < -0.4 is 5.32 Å². The number of Topliss-reactive ketones (excluding diaryl/α,β-unsaturated/α-hetero) is 1. The number of nitrogens with zero attached hydrogens (tertiary/aromatic N) is 1. The van der Waals surface area contributed by atoms with Crippen LogP contribution in [0.1, 0.15) is 74.0 Å².